The summed E-state index contributed by atoms with van der Waals surface area (Å²) in [5, 5.41) is 3.44. The highest BCUT2D eigenvalue weighted by Gasteiger charge is 2.19. The van der Waals surface area contributed by atoms with Crippen LogP contribution in [0.1, 0.15) is 26.2 Å². The Morgan fingerprint density at radius 1 is 1.07 bits per heavy atom. The highest BCUT2D eigenvalue weighted by atomic mass is 15.2. The van der Waals surface area contributed by atoms with E-state index >= 15 is 0 Å². The van der Waals surface area contributed by atoms with Crippen molar-refractivity contribution in [2.75, 3.05) is 46.8 Å². The minimum absolute atomic E-state index is 0.825. The SMILES string of the molecule is CCCN(CCN(C)C)C1CCNCC1. The van der Waals surface area contributed by atoms with Gasteiger partial charge in [-0.2, -0.15) is 0 Å². The van der Waals surface area contributed by atoms with Gasteiger partial charge in [-0.15, -0.1) is 0 Å². The van der Waals surface area contributed by atoms with Crippen molar-refractivity contribution in [1.29, 1.82) is 0 Å². The van der Waals surface area contributed by atoms with Gasteiger partial charge in [-0.3, -0.25) is 4.90 Å². The van der Waals surface area contributed by atoms with Gasteiger partial charge in [-0.25, -0.2) is 0 Å². The summed E-state index contributed by atoms with van der Waals surface area (Å²) in [5.41, 5.74) is 0. The van der Waals surface area contributed by atoms with E-state index in [0.717, 1.165) is 6.04 Å². The van der Waals surface area contributed by atoms with E-state index in [1.807, 2.05) is 0 Å². The Morgan fingerprint density at radius 2 is 1.73 bits per heavy atom. The van der Waals surface area contributed by atoms with Crippen LogP contribution in [0.3, 0.4) is 0 Å². The summed E-state index contributed by atoms with van der Waals surface area (Å²) in [7, 11) is 4.32. The fraction of sp³-hybridized carbons (Fsp3) is 1.00. The third-order valence-electron chi connectivity index (χ3n) is 3.17. The highest BCUT2D eigenvalue weighted by Crippen LogP contribution is 2.11. The largest absolute Gasteiger partial charge is 0.317 e. The van der Waals surface area contributed by atoms with Gasteiger partial charge in [0, 0.05) is 19.1 Å². The van der Waals surface area contributed by atoms with E-state index in [0.29, 0.717) is 0 Å². The summed E-state index contributed by atoms with van der Waals surface area (Å²) < 4.78 is 0. The molecule has 0 spiro atoms. The summed E-state index contributed by atoms with van der Waals surface area (Å²) in [6.45, 7) is 8.36. The molecule has 0 bridgehead atoms. The molecule has 0 aromatic heterocycles. The predicted octanol–water partition coefficient (Wildman–Crippen LogP) is 1.01. The summed E-state index contributed by atoms with van der Waals surface area (Å²) in [5.74, 6) is 0. The molecular weight excluding hydrogens is 186 g/mol. The Labute approximate surface area is 94.8 Å². The zero-order valence-corrected chi connectivity index (χ0v) is 10.6. The van der Waals surface area contributed by atoms with Gasteiger partial charge in [-0.05, 0) is 53.0 Å². The molecule has 0 unspecified atom stereocenters. The second-order valence-corrected chi connectivity index (χ2v) is 4.82. The lowest BCUT2D eigenvalue weighted by Gasteiger charge is -2.35. The Hall–Kier alpha value is -0.120. The number of hydrogen-bond donors (Lipinski definition) is 1. The van der Waals surface area contributed by atoms with Gasteiger partial charge in [0.15, 0.2) is 0 Å². The molecule has 0 radical (unpaired) electrons. The topological polar surface area (TPSA) is 18.5 Å². The number of nitrogens with one attached hydrogen (secondary N) is 1. The van der Waals surface area contributed by atoms with E-state index in [4.69, 9.17) is 0 Å². The van der Waals surface area contributed by atoms with E-state index in [1.54, 1.807) is 0 Å². The molecule has 0 aromatic rings. The number of nitrogens with zero attached hydrogens (tertiary/aromatic N) is 2. The van der Waals surface area contributed by atoms with Crippen LogP contribution < -0.4 is 5.32 Å². The Balaban J connectivity index is 2.33. The van der Waals surface area contributed by atoms with Crippen LogP contribution in [0.25, 0.3) is 0 Å². The summed E-state index contributed by atoms with van der Waals surface area (Å²) >= 11 is 0. The van der Waals surface area contributed by atoms with Gasteiger partial charge < -0.3 is 10.2 Å². The van der Waals surface area contributed by atoms with Crippen LogP contribution in [0, 0.1) is 0 Å². The minimum Gasteiger partial charge on any atom is -0.317 e. The molecule has 0 aromatic carbocycles. The van der Waals surface area contributed by atoms with Crippen LogP contribution in [0.2, 0.25) is 0 Å². The number of likely N-dealkylation sites (N-methyl/N-ethyl adjacent to an activating group) is 1. The molecule has 1 aliphatic rings. The van der Waals surface area contributed by atoms with Crippen molar-refractivity contribution in [2.24, 2.45) is 0 Å². The molecule has 0 amide bonds. The van der Waals surface area contributed by atoms with E-state index in [2.05, 4.69) is 36.1 Å². The molecule has 1 saturated heterocycles. The fourth-order valence-electron chi connectivity index (χ4n) is 2.26. The normalized spacial score (nSPS) is 19.0. The summed E-state index contributed by atoms with van der Waals surface area (Å²) in [4.78, 5) is 4.96. The van der Waals surface area contributed by atoms with Crippen LogP contribution in [0.5, 0.6) is 0 Å². The standard InChI is InChI=1S/C12H27N3/c1-4-9-15(11-10-14(2)3)12-5-7-13-8-6-12/h12-13H,4-11H2,1-3H3. The molecule has 90 valence electrons. The molecule has 1 aliphatic heterocycles. The van der Waals surface area contributed by atoms with E-state index in [-0.39, 0.29) is 0 Å². The van der Waals surface area contributed by atoms with Gasteiger partial charge >= 0.3 is 0 Å². The van der Waals surface area contributed by atoms with Crippen LogP contribution in [0.4, 0.5) is 0 Å². The maximum absolute atomic E-state index is 3.44. The first kappa shape index (κ1) is 12.9. The van der Waals surface area contributed by atoms with Crippen molar-refractivity contribution >= 4 is 0 Å². The monoisotopic (exact) mass is 213 g/mol. The van der Waals surface area contributed by atoms with E-state index in [1.165, 1.54) is 52.0 Å². The van der Waals surface area contributed by atoms with Crippen molar-refractivity contribution in [2.45, 2.75) is 32.2 Å². The van der Waals surface area contributed by atoms with E-state index in [9.17, 15) is 0 Å². The molecule has 3 nitrogen and oxygen atoms in total. The average Bonchev–Trinajstić information content (AvgIpc) is 2.25. The zero-order chi connectivity index (χ0) is 11.1. The number of piperidine rings is 1. The molecule has 0 aliphatic carbocycles. The quantitative estimate of drug-likeness (QED) is 0.710. The molecule has 1 fully saturated rings. The summed E-state index contributed by atoms with van der Waals surface area (Å²) in [6, 6.07) is 0.825. The second kappa shape index (κ2) is 7.20. The smallest absolute Gasteiger partial charge is 0.0120 e. The third-order valence-corrected chi connectivity index (χ3v) is 3.17. The average molecular weight is 213 g/mol. The Bertz CT molecular complexity index is 153. The van der Waals surface area contributed by atoms with Crippen LogP contribution in [-0.4, -0.2) is 62.7 Å². The first-order valence-corrected chi connectivity index (χ1v) is 6.33. The van der Waals surface area contributed by atoms with Crippen molar-refractivity contribution in [3.05, 3.63) is 0 Å². The lowest BCUT2D eigenvalue weighted by Crippen LogP contribution is -2.45. The number of rotatable bonds is 6. The zero-order valence-electron chi connectivity index (χ0n) is 10.6. The van der Waals surface area contributed by atoms with Crippen LogP contribution in [-0.2, 0) is 0 Å². The second-order valence-electron chi connectivity index (χ2n) is 4.82. The number of hydrogen-bond acceptors (Lipinski definition) is 3. The predicted molar refractivity (Wildman–Crippen MR) is 66.3 cm³/mol. The fourth-order valence-corrected chi connectivity index (χ4v) is 2.26. The Morgan fingerprint density at radius 3 is 2.27 bits per heavy atom. The molecule has 15 heavy (non-hydrogen) atoms. The molecule has 1 rings (SSSR count). The maximum atomic E-state index is 3.44. The lowest BCUT2D eigenvalue weighted by atomic mass is 10.0. The van der Waals surface area contributed by atoms with Gasteiger partial charge in [0.25, 0.3) is 0 Å². The molecule has 0 saturated carbocycles. The van der Waals surface area contributed by atoms with Gasteiger partial charge in [-0.1, -0.05) is 6.92 Å². The van der Waals surface area contributed by atoms with Crippen LogP contribution in [0.15, 0.2) is 0 Å². The minimum atomic E-state index is 0.825. The van der Waals surface area contributed by atoms with Gasteiger partial charge in [0.2, 0.25) is 0 Å². The van der Waals surface area contributed by atoms with Crippen molar-refractivity contribution in [1.82, 2.24) is 15.1 Å². The lowest BCUT2D eigenvalue weighted by molar-refractivity contribution is 0.149. The van der Waals surface area contributed by atoms with Crippen molar-refractivity contribution in [3.63, 3.8) is 0 Å². The molecular formula is C12H27N3. The summed E-state index contributed by atoms with van der Waals surface area (Å²) in [6.07, 6.45) is 3.93. The van der Waals surface area contributed by atoms with Crippen LogP contribution >= 0.6 is 0 Å². The first-order valence-electron chi connectivity index (χ1n) is 6.33. The van der Waals surface area contributed by atoms with E-state index < -0.39 is 0 Å². The Kier molecular flexibility index (Phi) is 6.22. The van der Waals surface area contributed by atoms with Crippen molar-refractivity contribution < 1.29 is 0 Å². The van der Waals surface area contributed by atoms with Gasteiger partial charge in [0.05, 0.1) is 0 Å². The molecule has 1 heterocycles. The van der Waals surface area contributed by atoms with Crippen molar-refractivity contribution in [3.8, 4) is 0 Å². The molecule has 0 atom stereocenters. The maximum Gasteiger partial charge on any atom is 0.0120 e. The molecule has 1 N–H and O–H groups in total. The highest BCUT2D eigenvalue weighted by molar-refractivity contribution is 4.77. The van der Waals surface area contributed by atoms with Gasteiger partial charge in [0.1, 0.15) is 0 Å². The molecule has 3 heteroatoms. The first-order chi connectivity index (χ1) is 7.24. The third kappa shape index (κ3) is 4.96.